The van der Waals surface area contributed by atoms with E-state index in [0.717, 1.165) is 15.2 Å². The summed E-state index contributed by atoms with van der Waals surface area (Å²) in [6.45, 7) is 1.41. The van der Waals surface area contributed by atoms with E-state index < -0.39 is 10.0 Å². The second kappa shape index (κ2) is 5.62. The molecule has 0 spiro atoms. The molecule has 0 radical (unpaired) electrons. The first-order chi connectivity index (χ1) is 12.0. The quantitative estimate of drug-likeness (QED) is 0.763. The van der Waals surface area contributed by atoms with E-state index in [9.17, 15) is 13.2 Å². The Bertz CT molecular complexity index is 1090. The maximum absolute atomic E-state index is 12.5. The summed E-state index contributed by atoms with van der Waals surface area (Å²) in [5, 5.41) is 7.04. The van der Waals surface area contributed by atoms with Crippen molar-refractivity contribution >= 4 is 32.7 Å². The molecule has 3 aromatic heterocycles. The normalized spacial score (nSPS) is 14.6. The number of carbonyl (C=O) groups is 1. The molecule has 0 atom stereocenters. The molecule has 1 aliphatic carbocycles. The van der Waals surface area contributed by atoms with E-state index in [1.807, 2.05) is 0 Å². The van der Waals surface area contributed by atoms with Crippen LogP contribution in [-0.2, 0) is 14.8 Å². The maximum atomic E-state index is 12.5. The second-order valence-electron chi connectivity index (χ2n) is 5.96. The van der Waals surface area contributed by atoms with Crippen molar-refractivity contribution in [3.8, 4) is 11.1 Å². The third-order valence-electron chi connectivity index (χ3n) is 4.03. The molecule has 1 saturated carbocycles. The molecule has 128 valence electrons. The number of anilines is 1. The molecule has 3 heterocycles. The van der Waals surface area contributed by atoms with Gasteiger partial charge in [0.05, 0.1) is 17.6 Å². The lowest BCUT2D eigenvalue weighted by molar-refractivity contribution is -0.114. The van der Waals surface area contributed by atoms with Gasteiger partial charge in [0.2, 0.25) is 5.91 Å². The van der Waals surface area contributed by atoms with Gasteiger partial charge in [-0.3, -0.25) is 9.78 Å². The Labute approximate surface area is 144 Å². The lowest BCUT2D eigenvalue weighted by Gasteiger charge is -2.07. The van der Waals surface area contributed by atoms with Gasteiger partial charge in [-0.2, -0.15) is 9.19 Å². The van der Waals surface area contributed by atoms with Crippen LogP contribution in [0.25, 0.3) is 22.0 Å². The minimum atomic E-state index is -3.48. The lowest BCUT2D eigenvalue weighted by Crippen LogP contribution is -2.18. The molecule has 25 heavy (non-hydrogen) atoms. The predicted octanol–water partition coefficient (Wildman–Crippen LogP) is 1.79. The van der Waals surface area contributed by atoms with Crippen molar-refractivity contribution in [2.24, 2.45) is 0 Å². The Morgan fingerprint density at radius 3 is 2.80 bits per heavy atom. The summed E-state index contributed by atoms with van der Waals surface area (Å²) in [5.41, 5.74) is 1.94. The van der Waals surface area contributed by atoms with E-state index >= 15 is 0 Å². The number of aromatic nitrogens is 4. The fourth-order valence-corrected chi connectivity index (χ4v) is 4.32. The fourth-order valence-electron chi connectivity index (χ4n) is 2.71. The number of rotatable bonds is 4. The average molecular weight is 357 g/mol. The Morgan fingerprint density at radius 1 is 1.28 bits per heavy atom. The van der Waals surface area contributed by atoms with Gasteiger partial charge in [0.1, 0.15) is 11.3 Å². The highest BCUT2D eigenvalue weighted by Gasteiger charge is 2.38. The molecule has 3 aromatic rings. The van der Waals surface area contributed by atoms with E-state index in [2.05, 4.69) is 20.4 Å². The third-order valence-corrected chi connectivity index (χ3v) is 6.11. The molecule has 4 rings (SSSR count). The number of carbonyl (C=O) groups excluding carboxylic acids is 1. The number of hydrogen-bond donors (Lipinski definition) is 1. The largest absolute Gasteiger partial charge is 0.311 e. The summed E-state index contributed by atoms with van der Waals surface area (Å²) < 4.78 is 26.1. The highest BCUT2D eigenvalue weighted by molar-refractivity contribution is 7.90. The SMILES string of the molecule is CC(=O)Nc1cc(-c2cncc3c2cnn3S(=O)(=O)C2CC2)ccn1. The molecule has 0 bridgehead atoms. The van der Waals surface area contributed by atoms with Gasteiger partial charge in [-0.1, -0.05) is 0 Å². The van der Waals surface area contributed by atoms with Gasteiger partial charge in [-0.25, -0.2) is 13.4 Å². The van der Waals surface area contributed by atoms with E-state index in [4.69, 9.17) is 0 Å². The maximum Gasteiger partial charge on any atom is 0.257 e. The van der Waals surface area contributed by atoms with E-state index in [-0.39, 0.29) is 11.2 Å². The van der Waals surface area contributed by atoms with Crippen LogP contribution in [0.3, 0.4) is 0 Å². The van der Waals surface area contributed by atoms with Crippen molar-refractivity contribution in [1.29, 1.82) is 0 Å². The zero-order valence-corrected chi connectivity index (χ0v) is 14.2. The van der Waals surface area contributed by atoms with E-state index in [0.29, 0.717) is 29.6 Å². The molecule has 1 N–H and O–H groups in total. The minimum absolute atomic E-state index is 0.218. The van der Waals surface area contributed by atoms with Crippen LogP contribution in [0, 0.1) is 0 Å². The molecular weight excluding hydrogens is 342 g/mol. The predicted molar refractivity (Wildman–Crippen MR) is 92.4 cm³/mol. The first kappa shape index (κ1) is 15.7. The smallest absolute Gasteiger partial charge is 0.257 e. The number of amides is 1. The molecule has 0 aromatic carbocycles. The molecular formula is C16H15N5O3S. The number of fused-ring (bicyclic) bond motifs is 1. The standard InChI is InChI=1S/C16H15N5O3S/c1-10(22)20-16-6-11(4-5-18-16)13-7-17-9-15-14(13)8-19-21(15)25(23,24)12-2-3-12/h4-9,12H,2-3H2,1H3,(H,18,20,22). The molecule has 9 heteroatoms. The topological polar surface area (TPSA) is 107 Å². The summed E-state index contributed by atoms with van der Waals surface area (Å²) in [5.74, 6) is 0.198. The van der Waals surface area contributed by atoms with Crippen molar-refractivity contribution in [3.63, 3.8) is 0 Å². The van der Waals surface area contributed by atoms with Crippen LogP contribution in [0.4, 0.5) is 5.82 Å². The molecule has 0 aliphatic heterocycles. The van der Waals surface area contributed by atoms with Gasteiger partial charge in [0, 0.05) is 30.3 Å². The van der Waals surface area contributed by atoms with Gasteiger partial charge >= 0.3 is 0 Å². The van der Waals surface area contributed by atoms with Crippen LogP contribution in [0.15, 0.2) is 36.9 Å². The van der Waals surface area contributed by atoms with Crippen LogP contribution in [-0.4, -0.2) is 38.7 Å². The highest BCUT2D eigenvalue weighted by Crippen LogP contribution is 2.33. The van der Waals surface area contributed by atoms with Crippen LogP contribution >= 0.6 is 0 Å². The number of pyridine rings is 2. The van der Waals surface area contributed by atoms with Gasteiger partial charge in [-0.05, 0) is 30.5 Å². The summed E-state index contributed by atoms with van der Waals surface area (Å²) in [6, 6.07) is 3.49. The van der Waals surface area contributed by atoms with Crippen molar-refractivity contribution in [2.45, 2.75) is 25.0 Å². The fraction of sp³-hybridized carbons (Fsp3) is 0.250. The number of nitrogens with zero attached hydrogens (tertiary/aromatic N) is 4. The third kappa shape index (κ3) is 2.76. The molecule has 1 amide bonds. The summed E-state index contributed by atoms with van der Waals surface area (Å²) >= 11 is 0. The molecule has 1 aliphatic rings. The molecule has 1 fully saturated rings. The van der Waals surface area contributed by atoms with Crippen molar-refractivity contribution < 1.29 is 13.2 Å². The van der Waals surface area contributed by atoms with Crippen LogP contribution < -0.4 is 5.32 Å². The Kier molecular flexibility index (Phi) is 3.53. The number of nitrogens with one attached hydrogen (secondary N) is 1. The van der Waals surface area contributed by atoms with E-state index in [1.165, 1.54) is 19.3 Å². The molecule has 0 unspecified atom stereocenters. The minimum Gasteiger partial charge on any atom is -0.311 e. The first-order valence-corrected chi connectivity index (χ1v) is 9.27. The highest BCUT2D eigenvalue weighted by atomic mass is 32.2. The van der Waals surface area contributed by atoms with Crippen LogP contribution in [0.5, 0.6) is 0 Å². The van der Waals surface area contributed by atoms with Gasteiger partial charge < -0.3 is 5.32 Å². The summed E-state index contributed by atoms with van der Waals surface area (Å²) in [4.78, 5) is 19.5. The first-order valence-electron chi connectivity index (χ1n) is 7.77. The van der Waals surface area contributed by atoms with Crippen molar-refractivity contribution in [3.05, 3.63) is 36.9 Å². The lowest BCUT2D eigenvalue weighted by atomic mass is 10.1. The molecule has 8 nitrogen and oxygen atoms in total. The van der Waals surface area contributed by atoms with Gasteiger partial charge in [-0.15, -0.1) is 0 Å². The van der Waals surface area contributed by atoms with Gasteiger partial charge in [0.25, 0.3) is 10.0 Å². The Balaban J connectivity index is 1.84. The Morgan fingerprint density at radius 2 is 2.08 bits per heavy atom. The number of hydrogen-bond acceptors (Lipinski definition) is 6. The average Bonchev–Trinajstić information content (AvgIpc) is 3.34. The summed E-state index contributed by atoms with van der Waals surface area (Å²) in [7, 11) is -3.48. The van der Waals surface area contributed by atoms with Crippen LogP contribution in [0.1, 0.15) is 19.8 Å². The van der Waals surface area contributed by atoms with E-state index in [1.54, 1.807) is 24.5 Å². The zero-order chi connectivity index (χ0) is 17.6. The zero-order valence-electron chi connectivity index (χ0n) is 13.4. The molecule has 0 saturated heterocycles. The van der Waals surface area contributed by atoms with Crippen molar-refractivity contribution in [2.75, 3.05) is 5.32 Å². The monoisotopic (exact) mass is 357 g/mol. The Hall–Kier alpha value is -2.81. The van der Waals surface area contributed by atoms with Gasteiger partial charge in [0.15, 0.2) is 0 Å². The van der Waals surface area contributed by atoms with Crippen molar-refractivity contribution in [1.82, 2.24) is 19.2 Å². The van der Waals surface area contributed by atoms with Crippen LogP contribution in [0.2, 0.25) is 0 Å². The second-order valence-corrected chi connectivity index (χ2v) is 8.01. The summed E-state index contributed by atoms with van der Waals surface area (Å²) in [6.07, 6.45) is 7.59.